The molecule has 0 saturated carbocycles. The van der Waals surface area contributed by atoms with Crippen LogP contribution in [0.25, 0.3) is 0 Å². The first kappa shape index (κ1) is 28.8. The first-order chi connectivity index (χ1) is 16.6. The summed E-state index contributed by atoms with van der Waals surface area (Å²) in [5.74, 6) is -2.70. The van der Waals surface area contributed by atoms with Gasteiger partial charge in [0.25, 0.3) is 0 Å². The fourth-order valence-electron chi connectivity index (χ4n) is 4.31. The number of halogens is 3. The average molecular weight is 500 g/mol. The van der Waals surface area contributed by atoms with Crippen LogP contribution in [0.3, 0.4) is 0 Å². The van der Waals surface area contributed by atoms with E-state index in [1.165, 1.54) is 36.9 Å². The summed E-state index contributed by atoms with van der Waals surface area (Å²) in [6.45, 7) is 7.18. The van der Waals surface area contributed by atoms with Crippen LogP contribution in [0.4, 0.5) is 13.2 Å². The average Bonchev–Trinajstić information content (AvgIpc) is 3.06. The first-order valence-electron chi connectivity index (χ1n) is 12.2. The van der Waals surface area contributed by atoms with Crippen molar-refractivity contribution in [2.75, 3.05) is 32.7 Å². The zero-order valence-electron chi connectivity index (χ0n) is 20.3. The Hall–Kier alpha value is -2.46. The van der Waals surface area contributed by atoms with Gasteiger partial charge in [0.05, 0.1) is 0 Å². The van der Waals surface area contributed by atoms with Crippen molar-refractivity contribution in [1.82, 2.24) is 15.5 Å². The third-order valence-corrected chi connectivity index (χ3v) is 6.38. The van der Waals surface area contributed by atoms with Gasteiger partial charge in [-0.25, -0.2) is 4.79 Å². The summed E-state index contributed by atoms with van der Waals surface area (Å²) in [4.78, 5) is 36.0. The molecule has 196 valence electrons. The molecule has 2 heterocycles. The predicted molar refractivity (Wildman–Crippen MR) is 126 cm³/mol. The summed E-state index contributed by atoms with van der Waals surface area (Å²) >= 11 is 0. The lowest BCUT2D eigenvalue weighted by Crippen LogP contribution is -2.39. The second-order valence-electron chi connectivity index (χ2n) is 9.04. The number of nitrogens with zero attached hydrogens (tertiary/aromatic N) is 1. The summed E-state index contributed by atoms with van der Waals surface area (Å²) in [5.41, 5.74) is 3.35. The van der Waals surface area contributed by atoms with E-state index in [4.69, 9.17) is 9.90 Å². The molecule has 35 heavy (non-hydrogen) atoms. The number of aliphatic carboxylic acids is 1. The Morgan fingerprint density at radius 2 is 1.80 bits per heavy atom. The number of carboxylic acids is 1. The van der Waals surface area contributed by atoms with Crippen LogP contribution in [-0.2, 0) is 22.4 Å². The van der Waals surface area contributed by atoms with Crippen LogP contribution in [0.5, 0.6) is 0 Å². The lowest BCUT2D eigenvalue weighted by Gasteiger charge is -2.33. The minimum atomic E-state index is -5.08. The molecule has 0 bridgehead atoms. The topological polar surface area (TPSA) is 98.7 Å². The highest BCUT2D eigenvalue weighted by Gasteiger charge is 2.38. The minimum absolute atomic E-state index is 0.0148. The summed E-state index contributed by atoms with van der Waals surface area (Å²) in [6, 6.07) is 6.70. The van der Waals surface area contributed by atoms with Crippen LogP contribution >= 0.6 is 0 Å². The number of hydrogen-bond acceptors (Lipinski definition) is 5. The molecule has 1 atom stereocenters. The molecular formula is C25H36F3N3O4. The number of carboxylic acid groups (broad SMARTS) is 1. The largest absolute Gasteiger partial charge is 0.490 e. The van der Waals surface area contributed by atoms with E-state index in [1.54, 1.807) is 0 Å². The van der Waals surface area contributed by atoms with Crippen molar-refractivity contribution in [1.29, 1.82) is 0 Å². The number of piperidine rings is 1. The molecule has 0 radical (unpaired) electrons. The monoisotopic (exact) mass is 499 g/mol. The van der Waals surface area contributed by atoms with E-state index in [9.17, 15) is 22.8 Å². The normalized spacial score (nSPS) is 18.5. The molecule has 1 aromatic carbocycles. The first-order valence-corrected chi connectivity index (χ1v) is 12.2. The molecule has 10 heteroatoms. The lowest BCUT2D eigenvalue weighted by molar-refractivity contribution is -0.192. The maximum absolute atomic E-state index is 12.5. The smallest absolute Gasteiger partial charge is 0.475 e. The number of Topliss-reactive ketones (excluding diaryl/α,β-unsaturated/α-hetero) is 1. The molecule has 0 spiro atoms. The number of alkyl halides is 3. The number of carbonyl (C=O) groups is 3. The van der Waals surface area contributed by atoms with Gasteiger partial charge in [-0.05, 0) is 75.9 Å². The number of fused-ring (bicyclic) bond motifs is 1. The fraction of sp³-hybridized carbons (Fsp3) is 0.640. The van der Waals surface area contributed by atoms with Crippen molar-refractivity contribution < 1.29 is 32.7 Å². The highest BCUT2D eigenvalue weighted by atomic mass is 19.4. The van der Waals surface area contributed by atoms with Crippen LogP contribution in [0, 0.1) is 0 Å². The van der Waals surface area contributed by atoms with Crippen LogP contribution in [0.1, 0.15) is 66.9 Å². The van der Waals surface area contributed by atoms with Crippen LogP contribution < -0.4 is 10.6 Å². The van der Waals surface area contributed by atoms with Gasteiger partial charge in [-0.3, -0.25) is 9.59 Å². The number of benzene rings is 1. The summed E-state index contributed by atoms with van der Waals surface area (Å²) in [5, 5.41) is 13.5. The van der Waals surface area contributed by atoms with Gasteiger partial charge < -0.3 is 20.6 Å². The van der Waals surface area contributed by atoms with Crippen molar-refractivity contribution in [3.8, 4) is 0 Å². The minimum Gasteiger partial charge on any atom is -0.475 e. The standard InChI is InChI=1S/C23H35N3O2.C2HF3O2/c1-18-5-2-3-15-26(18)16-4-12-25-23(28)9-8-22(27)21-7-6-19-10-13-24-14-11-20(19)17-21;3-2(4,5)1(6)7/h6-7,17-18,24H,2-5,8-16H2,1H3,(H,25,28);(H,6,7). The van der Waals surface area contributed by atoms with Gasteiger partial charge in [-0.1, -0.05) is 18.6 Å². The molecule has 7 nitrogen and oxygen atoms in total. The van der Waals surface area contributed by atoms with Gasteiger partial charge in [-0.2, -0.15) is 13.2 Å². The maximum atomic E-state index is 12.5. The Morgan fingerprint density at radius 1 is 1.11 bits per heavy atom. The van der Waals surface area contributed by atoms with E-state index in [0.717, 1.165) is 44.5 Å². The zero-order chi connectivity index (χ0) is 25.8. The number of hydrogen-bond donors (Lipinski definition) is 3. The zero-order valence-corrected chi connectivity index (χ0v) is 20.3. The van der Waals surface area contributed by atoms with Crippen LogP contribution in [-0.4, -0.2) is 72.6 Å². The number of nitrogens with one attached hydrogen (secondary N) is 2. The Morgan fingerprint density at radius 3 is 2.46 bits per heavy atom. The fourth-order valence-corrected chi connectivity index (χ4v) is 4.31. The van der Waals surface area contributed by atoms with Crippen molar-refractivity contribution in [2.24, 2.45) is 0 Å². The molecule has 0 aliphatic carbocycles. The Kier molecular flexibility index (Phi) is 11.7. The van der Waals surface area contributed by atoms with E-state index >= 15 is 0 Å². The van der Waals surface area contributed by atoms with Gasteiger partial charge >= 0.3 is 12.1 Å². The lowest BCUT2D eigenvalue weighted by atomic mass is 9.97. The van der Waals surface area contributed by atoms with E-state index in [0.29, 0.717) is 12.6 Å². The van der Waals surface area contributed by atoms with E-state index in [1.807, 2.05) is 12.1 Å². The second kappa shape index (κ2) is 14.2. The van der Waals surface area contributed by atoms with Crippen molar-refractivity contribution in [3.05, 3.63) is 34.9 Å². The molecule has 2 aliphatic rings. The highest BCUT2D eigenvalue weighted by Crippen LogP contribution is 2.18. The third-order valence-electron chi connectivity index (χ3n) is 6.38. The van der Waals surface area contributed by atoms with E-state index in [2.05, 4.69) is 28.5 Å². The second-order valence-corrected chi connectivity index (χ2v) is 9.04. The molecular weight excluding hydrogens is 463 g/mol. The SMILES string of the molecule is CC1CCCCN1CCCNC(=O)CCC(=O)c1ccc2c(c1)CCNCC2.O=C(O)C(F)(F)F. The van der Waals surface area contributed by atoms with Crippen molar-refractivity contribution in [2.45, 2.75) is 70.5 Å². The van der Waals surface area contributed by atoms with Crippen molar-refractivity contribution >= 4 is 17.7 Å². The Balaban J connectivity index is 0.000000540. The molecule has 1 aromatic rings. The van der Waals surface area contributed by atoms with E-state index < -0.39 is 12.1 Å². The number of rotatable bonds is 8. The molecule has 1 unspecified atom stereocenters. The molecule has 1 amide bonds. The molecule has 3 rings (SSSR count). The molecule has 0 aromatic heterocycles. The number of likely N-dealkylation sites (tertiary alicyclic amines) is 1. The molecule has 3 N–H and O–H groups in total. The molecule has 2 aliphatic heterocycles. The van der Waals surface area contributed by atoms with Crippen LogP contribution in [0.15, 0.2) is 18.2 Å². The third kappa shape index (κ3) is 10.4. The Bertz CT molecular complexity index is 861. The maximum Gasteiger partial charge on any atom is 0.490 e. The number of carbonyl (C=O) groups excluding carboxylic acids is 2. The summed E-state index contributed by atoms with van der Waals surface area (Å²) in [7, 11) is 0. The van der Waals surface area contributed by atoms with Gasteiger partial charge in [0.1, 0.15) is 0 Å². The molecule has 1 fully saturated rings. The summed E-state index contributed by atoms with van der Waals surface area (Å²) in [6.07, 6.45) is 2.34. The van der Waals surface area contributed by atoms with Crippen LogP contribution in [0.2, 0.25) is 0 Å². The summed E-state index contributed by atoms with van der Waals surface area (Å²) < 4.78 is 31.7. The van der Waals surface area contributed by atoms with Gasteiger partial charge in [0.2, 0.25) is 5.91 Å². The number of amides is 1. The predicted octanol–water partition coefficient (Wildman–Crippen LogP) is 3.35. The Labute approximate surface area is 204 Å². The van der Waals surface area contributed by atoms with E-state index in [-0.39, 0.29) is 24.5 Å². The number of ketones is 1. The quantitative estimate of drug-likeness (QED) is 0.375. The van der Waals surface area contributed by atoms with Gasteiger partial charge in [0.15, 0.2) is 5.78 Å². The van der Waals surface area contributed by atoms with Crippen molar-refractivity contribution in [3.63, 3.8) is 0 Å². The highest BCUT2D eigenvalue weighted by molar-refractivity contribution is 5.98. The van der Waals surface area contributed by atoms with Gasteiger partial charge in [-0.15, -0.1) is 0 Å². The molecule has 1 saturated heterocycles. The van der Waals surface area contributed by atoms with Gasteiger partial charge in [0, 0.05) is 37.5 Å².